The van der Waals surface area contributed by atoms with Crippen LogP contribution >= 0.6 is 50.5 Å². The number of hydrogen-bond acceptors (Lipinski definition) is 8. The predicted molar refractivity (Wildman–Crippen MR) is 174 cm³/mol. The molecule has 4 rings (SSSR count). The molecule has 0 aliphatic heterocycles. The summed E-state index contributed by atoms with van der Waals surface area (Å²) in [6.45, 7) is 0. The van der Waals surface area contributed by atoms with Crippen LogP contribution in [-0.2, 0) is 16.5 Å². The Morgan fingerprint density at radius 3 is 0.610 bits per heavy atom. The van der Waals surface area contributed by atoms with Gasteiger partial charge in [-0.25, -0.2) is 0 Å². The maximum absolute atomic E-state index is 8.78. The van der Waals surface area contributed by atoms with Crippen molar-refractivity contribution in [3.63, 3.8) is 0 Å². The van der Waals surface area contributed by atoms with Gasteiger partial charge in [0.2, 0.25) is 0 Å². The smallest absolute Gasteiger partial charge is 0.0991 e. The summed E-state index contributed by atoms with van der Waals surface area (Å²) in [5.41, 5.74) is 5.98. The number of hydrogen-bond donors (Lipinski definition) is 4. The molecule has 0 aliphatic carbocycles. The summed E-state index contributed by atoms with van der Waals surface area (Å²) < 4.78 is 0. The SMILES string of the molecule is N#Cc1ccc(C(S)=C(S)c2ccc(C#N)cc2)cc1.N#Cc1ccc(C(S)=C(S)c2ccc(C#N)cc2)cc1.[Ni]. The molecule has 0 aromatic heterocycles. The Morgan fingerprint density at radius 1 is 0.341 bits per heavy atom. The predicted octanol–water partition coefficient (Wildman–Crippen LogP) is 8.23. The van der Waals surface area contributed by atoms with Gasteiger partial charge >= 0.3 is 0 Å². The number of thiol groups is 4. The molecule has 0 heterocycles. The number of benzene rings is 4. The average Bonchev–Trinajstić information content (AvgIpc) is 3.03. The maximum Gasteiger partial charge on any atom is 0.0991 e. The van der Waals surface area contributed by atoms with Gasteiger partial charge in [0.25, 0.3) is 0 Å². The molecule has 0 radical (unpaired) electrons. The Morgan fingerprint density at radius 2 is 0.488 bits per heavy atom. The van der Waals surface area contributed by atoms with Crippen LogP contribution in [0, 0.1) is 45.3 Å². The summed E-state index contributed by atoms with van der Waals surface area (Å²) in [7, 11) is 0. The van der Waals surface area contributed by atoms with E-state index in [-0.39, 0.29) is 16.5 Å². The molecule has 0 bridgehead atoms. The minimum Gasteiger partial charge on any atom is -0.192 e. The van der Waals surface area contributed by atoms with Gasteiger partial charge in [-0.2, -0.15) is 21.0 Å². The summed E-state index contributed by atoms with van der Waals surface area (Å²) in [5.74, 6) is 0. The van der Waals surface area contributed by atoms with Crippen molar-refractivity contribution in [3.8, 4) is 24.3 Å². The molecule has 202 valence electrons. The van der Waals surface area contributed by atoms with Gasteiger partial charge in [0.15, 0.2) is 0 Å². The molecule has 0 N–H and O–H groups in total. The summed E-state index contributed by atoms with van der Waals surface area (Å²) in [4.78, 5) is 2.90. The van der Waals surface area contributed by atoms with E-state index >= 15 is 0 Å². The van der Waals surface area contributed by atoms with Crippen molar-refractivity contribution < 1.29 is 16.5 Å². The zero-order valence-electron chi connectivity index (χ0n) is 21.1. The van der Waals surface area contributed by atoms with E-state index in [1.54, 1.807) is 48.5 Å². The second kappa shape index (κ2) is 16.5. The fourth-order valence-corrected chi connectivity index (χ4v) is 4.47. The monoisotopic (exact) mass is 646 g/mol. The Bertz CT molecular complexity index is 1470. The van der Waals surface area contributed by atoms with Gasteiger partial charge in [0, 0.05) is 36.1 Å². The van der Waals surface area contributed by atoms with Crippen LogP contribution in [0.4, 0.5) is 0 Å². The summed E-state index contributed by atoms with van der Waals surface area (Å²) >= 11 is 18.0. The molecule has 0 saturated heterocycles. The van der Waals surface area contributed by atoms with E-state index in [1.807, 2.05) is 48.5 Å². The van der Waals surface area contributed by atoms with E-state index < -0.39 is 0 Å². The number of rotatable bonds is 4. The zero-order chi connectivity index (χ0) is 29.1. The molecule has 0 aliphatic rings. The molecule has 9 heteroatoms. The van der Waals surface area contributed by atoms with Crippen LogP contribution < -0.4 is 0 Å². The van der Waals surface area contributed by atoms with E-state index in [9.17, 15) is 0 Å². The minimum absolute atomic E-state index is 0. The van der Waals surface area contributed by atoms with Crippen molar-refractivity contribution in [1.82, 2.24) is 0 Å². The second-order valence-electron chi connectivity index (χ2n) is 8.15. The van der Waals surface area contributed by atoms with Crippen molar-refractivity contribution in [2.24, 2.45) is 0 Å². The Hall–Kier alpha value is -3.79. The second-order valence-corrected chi connectivity index (χ2v) is 9.94. The van der Waals surface area contributed by atoms with Crippen molar-refractivity contribution >= 4 is 70.1 Å². The zero-order valence-corrected chi connectivity index (χ0v) is 25.7. The Labute approximate surface area is 271 Å². The first-order valence-corrected chi connectivity index (χ1v) is 13.4. The third-order valence-corrected chi connectivity index (χ3v) is 7.88. The van der Waals surface area contributed by atoms with Gasteiger partial charge in [-0.05, 0) is 70.8 Å². The van der Waals surface area contributed by atoms with Crippen molar-refractivity contribution in [1.29, 1.82) is 21.0 Å². The van der Waals surface area contributed by atoms with Crippen molar-refractivity contribution in [2.45, 2.75) is 0 Å². The molecule has 41 heavy (non-hydrogen) atoms. The molecule has 0 amide bonds. The average molecular weight is 648 g/mol. The summed E-state index contributed by atoms with van der Waals surface area (Å²) in [6.07, 6.45) is 0. The van der Waals surface area contributed by atoms with E-state index in [0.29, 0.717) is 22.3 Å². The van der Waals surface area contributed by atoms with Crippen LogP contribution in [0.5, 0.6) is 0 Å². The van der Waals surface area contributed by atoms with Crippen molar-refractivity contribution in [3.05, 3.63) is 142 Å². The van der Waals surface area contributed by atoms with Gasteiger partial charge < -0.3 is 0 Å². The van der Waals surface area contributed by atoms with Gasteiger partial charge in [0.05, 0.1) is 46.5 Å². The molecule has 4 aromatic rings. The summed E-state index contributed by atoms with van der Waals surface area (Å²) in [6, 6.07) is 36.9. The molecular weight excluding hydrogens is 627 g/mol. The molecule has 0 unspecified atom stereocenters. The van der Waals surface area contributed by atoms with E-state index in [2.05, 4.69) is 74.8 Å². The van der Waals surface area contributed by atoms with Gasteiger partial charge in [-0.1, -0.05) is 48.5 Å². The molecular formula is C32H20N4NiS4. The molecule has 4 aromatic carbocycles. The minimum atomic E-state index is 0. The standard InChI is InChI=1S/2C16H10N2S2.Ni/c2*17-9-11-1-5-13(6-2-11)15(19)16(20)14-7-3-12(10-18)4-8-14;/h2*1-8,19-20H;. The first-order valence-electron chi connectivity index (χ1n) is 11.6. The number of nitriles is 4. The van der Waals surface area contributed by atoms with E-state index in [0.717, 1.165) is 41.9 Å². The molecule has 0 atom stereocenters. The molecule has 0 fully saturated rings. The van der Waals surface area contributed by atoms with Crippen LogP contribution in [0.2, 0.25) is 0 Å². The Balaban J connectivity index is 0.000000280. The van der Waals surface area contributed by atoms with Gasteiger partial charge in [-0.3, -0.25) is 0 Å². The van der Waals surface area contributed by atoms with Crippen LogP contribution in [0.15, 0.2) is 97.1 Å². The maximum atomic E-state index is 8.78. The summed E-state index contributed by atoms with van der Waals surface area (Å²) in [5, 5.41) is 35.1. The Kier molecular flexibility index (Phi) is 13.4. The largest absolute Gasteiger partial charge is 0.192 e. The van der Waals surface area contributed by atoms with Crippen LogP contribution in [0.3, 0.4) is 0 Å². The van der Waals surface area contributed by atoms with Gasteiger partial charge in [0.1, 0.15) is 0 Å². The molecule has 0 spiro atoms. The van der Waals surface area contributed by atoms with Crippen LogP contribution in [-0.4, -0.2) is 0 Å². The normalized spacial score (nSPS) is 10.9. The van der Waals surface area contributed by atoms with Crippen LogP contribution in [0.1, 0.15) is 44.5 Å². The quantitative estimate of drug-likeness (QED) is 0.102. The first-order chi connectivity index (χ1) is 19.3. The third-order valence-electron chi connectivity index (χ3n) is 5.60. The van der Waals surface area contributed by atoms with Gasteiger partial charge in [-0.15, -0.1) is 50.5 Å². The fraction of sp³-hybridized carbons (Fsp3) is 0. The van der Waals surface area contributed by atoms with E-state index in [1.165, 1.54) is 0 Å². The van der Waals surface area contributed by atoms with E-state index in [4.69, 9.17) is 21.0 Å². The topological polar surface area (TPSA) is 95.2 Å². The third kappa shape index (κ3) is 9.11. The fourth-order valence-electron chi connectivity index (χ4n) is 3.36. The van der Waals surface area contributed by atoms with Crippen LogP contribution in [0.25, 0.3) is 19.6 Å². The number of nitrogens with zero attached hydrogens (tertiary/aromatic N) is 4. The molecule has 4 nitrogen and oxygen atoms in total. The molecule has 0 saturated carbocycles. The first kappa shape index (κ1) is 33.4. The van der Waals surface area contributed by atoms with Crippen molar-refractivity contribution in [2.75, 3.05) is 0 Å².